The van der Waals surface area contributed by atoms with Gasteiger partial charge in [0.1, 0.15) is 0 Å². The Morgan fingerprint density at radius 2 is 2.12 bits per heavy atom. The first kappa shape index (κ1) is 12.7. The maximum absolute atomic E-state index is 4.53. The average molecular weight is 216 g/mol. The molecule has 1 aromatic rings. The van der Waals surface area contributed by atoms with E-state index in [0.717, 1.165) is 17.9 Å². The van der Waals surface area contributed by atoms with E-state index in [0.29, 0.717) is 0 Å². The van der Waals surface area contributed by atoms with Crippen molar-refractivity contribution in [3.8, 4) is 0 Å². The van der Waals surface area contributed by atoms with Crippen LogP contribution in [-0.2, 0) is 6.54 Å². The zero-order valence-corrected chi connectivity index (χ0v) is 10.6. The molecule has 0 aromatic heterocycles. The number of aliphatic imine (C=N–C) groups is 1. The van der Waals surface area contributed by atoms with Crippen LogP contribution in [0.3, 0.4) is 0 Å². The summed E-state index contributed by atoms with van der Waals surface area (Å²) in [6.45, 7) is 8.70. The molecule has 0 aliphatic heterocycles. The number of allylic oxidation sites excluding steroid dienone is 1. The first-order valence-corrected chi connectivity index (χ1v) is 5.45. The van der Waals surface area contributed by atoms with Gasteiger partial charge in [-0.1, -0.05) is 18.7 Å². The van der Waals surface area contributed by atoms with E-state index in [1.165, 1.54) is 11.1 Å². The molecule has 0 fully saturated rings. The van der Waals surface area contributed by atoms with E-state index < -0.39 is 0 Å². The summed E-state index contributed by atoms with van der Waals surface area (Å²) < 4.78 is 0. The molecule has 0 spiro atoms. The second kappa shape index (κ2) is 5.61. The Labute approximate surface area is 98.3 Å². The van der Waals surface area contributed by atoms with Gasteiger partial charge in [-0.15, -0.1) is 0 Å². The number of hydrogen-bond acceptors (Lipinski definition) is 2. The summed E-state index contributed by atoms with van der Waals surface area (Å²) in [6, 6.07) is 6.41. The highest BCUT2D eigenvalue weighted by Gasteiger charge is 2.00. The summed E-state index contributed by atoms with van der Waals surface area (Å²) >= 11 is 0. The van der Waals surface area contributed by atoms with E-state index in [-0.39, 0.29) is 0 Å². The van der Waals surface area contributed by atoms with Crippen LogP contribution in [0.25, 0.3) is 0 Å². The zero-order chi connectivity index (χ0) is 12.1. The van der Waals surface area contributed by atoms with Gasteiger partial charge in [-0.25, -0.2) is 0 Å². The van der Waals surface area contributed by atoms with Gasteiger partial charge in [-0.05, 0) is 51.2 Å². The Hall–Kier alpha value is -1.41. The second-order valence-electron chi connectivity index (χ2n) is 4.32. The lowest BCUT2D eigenvalue weighted by Crippen LogP contribution is -2.10. The maximum atomic E-state index is 4.53. The lowest BCUT2D eigenvalue weighted by Gasteiger charge is -2.11. The van der Waals surface area contributed by atoms with Gasteiger partial charge >= 0.3 is 0 Å². The van der Waals surface area contributed by atoms with Gasteiger partial charge in [0.25, 0.3) is 0 Å². The van der Waals surface area contributed by atoms with E-state index in [1.807, 2.05) is 6.92 Å². The SMILES string of the molecule is C=CC(C)=Nc1cc(CN(C)C)ccc1C. The van der Waals surface area contributed by atoms with Crippen LogP contribution in [0.15, 0.2) is 35.8 Å². The van der Waals surface area contributed by atoms with Gasteiger partial charge in [0.15, 0.2) is 0 Å². The second-order valence-corrected chi connectivity index (χ2v) is 4.32. The highest BCUT2D eigenvalue weighted by molar-refractivity contribution is 5.94. The van der Waals surface area contributed by atoms with Crippen molar-refractivity contribution in [3.63, 3.8) is 0 Å². The van der Waals surface area contributed by atoms with Crippen LogP contribution in [0.4, 0.5) is 5.69 Å². The minimum absolute atomic E-state index is 0.940. The van der Waals surface area contributed by atoms with Crippen molar-refractivity contribution >= 4 is 11.4 Å². The Balaban J connectivity index is 3.03. The quantitative estimate of drug-likeness (QED) is 0.705. The predicted molar refractivity (Wildman–Crippen MR) is 71.5 cm³/mol. The van der Waals surface area contributed by atoms with Crippen LogP contribution in [0.2, 0.25) is 0 Å². The average Bonchev–Trinajstić information content (AvgIpc) is 2.22. The van der Waals surface area contributed by atoms with Gasteiger partial charge in [0.2, 0.25) is 0 Å². The summed E-state index contributed by atoms with van der Waals surface area (Å²) in [4.78, 5) is 6.68. The summed E-state index contributed by atoms with van der Waals surface area (Å²) in [5.41, 5.74) is 4.47. The largest absolute Gasteiger partial charge is 0.305 e. The smallest absolute Gasteiger partial charge is 0.0665 e. The Morgan fingerprint density at radius 3 is 2.69 bits per heavy atom. The molecule has 0 aliphatic carbocycles. The standard InChI is InChI=1S/C14H20N2/c1-6-12(3)15-14-9-13(10-16(4)5)8-7-11(14)2/h6-9H,1,10H2,2-5H3. The van der Waals surface area contributed by atoms with Crippen LogP contribution >= 0.6 is 0 Å². The molecular weight excluding hydrogens is 196 g/mol. The third-order valence-electron chi connectivity index (χ3n) is 2.36. The summed E-state index contributed by atoms with van der Waals surface area (Å²) in [5, 5.41) is 0. The normalized spacial score (nSPS) is 11.9. The summed E-state index contributed by atoms with van der Waals surface area (Å²) in [5.74, 6) is 0. The van der Waals surface area contributed by atoms with Crippen molar-refractivity contribution in [2.45, 2.75) is 20.4 Å². The fourth-order valence-corrected chi connectivity index (χ4v) is 1.47. The third-order valence-corrected chi connectivity index (χ3v) is 2.36. The van der Waals surface area contributed by atoms with Crippen LogP contribution in [0.1, 0.15) is 18.1 Å². The van der Waals surface area contributed by atoms with Gasteiger partial charge in [-0.2, -0.15) is 0 Å². The van der Waals surface area contributed by atoms with Gasteiger partial charge in [0.05, 0.1) is 5.69 Å². The highest BCUT2D eigenvalue weighted by Crippen LogP contribution is 2.21. The molecule has 0 heterocycles. The lowest BCUT2D eigenvalue weighted by atomic mass is 10.1. The van der Waals surface area contributed by atoms with Crippen LogP contribution < -0.4 is 0 Å². The minimum atomic E-state index is 0.940. The van der Waals surface area contributed by atoms with E-state index >= 15 is 0 Å². The van der Waals surface area contributed by atoms with Crippen molar-refractivity contribution in [3.05, 3.63) is 42.0 Å². The molecule has 0 N–H and O–H groups in total. The van der Waals surface area contributed by atoms with Crippen LogP contribution in [0, 0.1) is 6.92 Å². The van der Waals surface area contributed by atoms with Crippen molar-refractivity contribution in [1.82, 2.24) is 4.90 Å². The van der Waals surface area contributed by atoms with Crippen LogP contribution in [0.5, 0.6) is 0 Å². The van der Waals surface area contributed by atoms with E-state index in [1.54, 1.807) is 6.08 Å². The molecule has 2 heteroatoms. The van der Waals surface area contributed by atoms with Crippen LogP contribution in [-0.4, -0.2) is 24.7 Å². The van der Waals surface area contributed by atoms with Gasteiger partial charge < -0.3 is 4.90 Å². The topological polar surface area (TPSA) is 15.6 Å². The van der Waals surface area contributed by atoms with Crippen molar-refractivity contribution in [2.75, 3.05) is 14.1 Å². The molecule has 0 atom stereocenters. The molecule has 0 radical (unpaired) electrons. The fraction of sp³-hybridized carbons (Fsp3) is 0.357. The first-order valence-electron chi connectivity index (χ1n) is 5.45. The molecule has 16 heavy (non-hydrogen) atoms. The molecular formula is C14H20N2. The molecule has 0 bridgehead atoms. The molecule has 86 valence electrons. The number of aryl methyl sites for hydroxylation is 1. The molecule has 0 aliphatic rings. The predicted octanol–water partition coefficient (Wildman–Crippen LogP) is 3.34. The highest BCUT2D eigenvalue weighted by atomic mass is 15.0. The van der Waals surface area contributed by atoms with Crippen molar-refractivity contribution in [2.24, 2.45) is 4.99 Å². The summed E-state index contributed by atoms with van der Waals surface area (Å²) in [6.07, 6.45) is 1.78. The number of hydrogen-bond donors (Lipinski definition) is 0. The Kier molecular flexibility index (Phi) is 4.44. The lowest BCUT2D eigenvalue weighted by molar-refractivity contribution is 0.402. The molecule has 2 nitrogen and oxygen atoms in total. The molecule has 0 amide bonds. The monoisotopic (exact) mass is 216 g/mol. The first-order chi connectivity index (χ1) is 7.52. The molecule has 1 aromatic carbocycles. The van der Waals surface area contributed by atoms with Gasteiger partial charge in [-0.3, -0.25) is 4.99 Å². The molecule has 0 saturated carbocycles. The van der Waals surface area contributed by atoms with Crippen molar-refractivity contribution < 1.29 is 0 Å². The molecule has 0 saturated heterocycles. The Morgan fingerprint density at radius 1 is 1.44 bits per heavy atom. The number of nitrogens with zero attached hydrogens (tertiary/aromatic N) is 2. The fourth-order valence-electron chi connectivity index (χ4n) is 1.47. The zero-order valence-electron chi connectivity index (χ0n) is 10.6. The van der Waals surface area contributed by atoms with Crippen molar-refractivity contribution in [1.29, 1.82) is 0 Å². The summed E-state index contributed by atoms with van der Waals surface area (Å²) in [7, 11) is 4.13. The van der Waals surface area contributed by atoms with E-state index in [2.05, 4.69) is 55.7 Å². The van der Waals surface area contributed by atoms with E-state index in [4.69, 9.17) is 0 Å². The Bertz CT molecular complexity index is 403. The van der Waals surface area contributed by atoms with Gasteiger partial charge in [0, 0.05) is 12.3 Å². The minimum Gasteiger partial charge on any atom is -0.305 e. The third kappa shape index (κ3) is 3.63. The van der Waals surface area contributed by atoms with E-state index in [9.17, 15) is 0 Å². The molecule has 0 unspecified atom stereocenters. The maximum Gasteiger partial charge on any atom is 0.0665 e. The number of rotatable bonds is 4. The molecule has 1 rings (SSSR count). The number of benzene rings is 1.